The zero-order valence-electron chi connectivity index (χ0n) is 22.6. The van der Waals surface area contributed by atoms with E-state index in [1.165, 1.54) is 38.2 Å². The first-order chi connectivity index (χ1) is 19.8. The smallest absolute Gasteiger partial charge is 0.135 e. The van der Waals surface area contributed by atoms with Crippen LogP contribution >= 0.6 is 0 Å². The van der Waals surface area contributed by atoms with Crippen molar-refractivity contribution in [3.8, 4) is 11.5 Å². The standard InChI is InChI=1S/C38H30O2/c1-2-26-21-22-35-36(23-26)38(40-25-30-16-10-14-28-12-4-6-18-32(28)30)34-20-8-7-19-33(34)37(35)39-24-29-15-9-13-27-11-3-5-17-31(27)29/h3-23H,2,24-25H2,1H3. The molecule has 0 spiro atoms. The van der Waals surface area contributed by atoms with Gasteiger partial charge in [0.25, 0.3) is 0 Å². The van der Waals surface area contributed by atoms with Crippen LogP contribution in [0.15, 0.2) is 127 Å². The molecule has 40 heavy (non-hydrogen) atoms. The van der Waals surface area contributed by atoms with Crippen molar-refractivity contribution in [1.82, 2.24) is 0 Å². The van der Waals surface area contributed by atoms with Crippen LogP contribution < -0.4 is 9.47 Å². The SMILES string of the molecule is CCc1ccc2c(OCc3cccc4ccccc34)c3ccccc3c(OCc3cccc4ccccc34)c2c1. The van der Waals surface area contributed by atoms with Crippen LogP contribution in [0.2, 0.25) is 0 Å². The summed E-state index contributed by atoms with van der Waals surface area (Å²) in [6.07, 6.45) is 0.956. The fraction of sp³-hybridized carbons (Fsp3) is 0.105. The minimum Gasteiger partial charge on any atom is -0.488 e. The topological polar surface area (TPSA) is 18.5 Å². The van der Waals surface area contributed by atoms with Crippen LogP contribution in [-0.4, -0.2) is 0 Å². The first-order valence-corrected chi connectivity index (χ1v) is 14.0. The Kier molecular flexibility index (Phi) is 6.30. The van der Waals surface area contributed by atoms with Gasteiger partial charge in [0, 0.05) is 21.5 Å². The van der Waals surface area contributed by atoms with Gasteiger partial charge in [-0.25, -0.2) is 0 Å². The number of hydrogen-bond acceptors (Lipinski definition) is 2. The molecule has 0 atom stereocenters. The van der Waals surface area contributed by atoms with E-state index >= 15 is 0 Å². The van der Waals surface area contributed by atoms with E-state index in [-0.39, 0.29) is 0 Å². The summed E-state index contributed by atoms with van der Waals surface area (Å²) in [4.78, 5) is 0. The molecule has 2 nitrogen and oxygen atoms in total. The van der Waals surface area contributed by atoms with Crippen molar-refractivity contribution in [2.75, 3.05) is 0 Å². The summed E-state index contributed by atoms with van der Waals surface area (Å²) < 4.78 is 13.5. The Morgan fingerprint density at radius 1 is 0.425 bits per heavy atom. The summed E-state index contributed by atoms with van der Waals surface area (Å²) in [5.41, 5.74) is 3.63. The third kappa shape index (κ3) is 4.32. The molecule has 0 aliphatic rings. The summed E-state index contributed by atoms with van der Waals surface area (Å²) in [5.74, 6) is 1.81. The molecule has 0 aliphatic heterocycles. The second-order valence-electron chi connectivity index (χ2n) is 10.3. The van der Waals surface area contributed by atoms with Crippen LogP contribution in [0.3, 0.4) is 0 Å². The molecule has 7 rings (SSSR count). The molecule has 0 amide bonds. The third-order valence-corrected chi connectivity index (χ3v) is 7.90. The Labute approximate surface area is 234 Å². The number of hydrogen-bond donors (Lipinski definition) is 0. The Bertz CT molecular complexity index is 1990. The highest BCUT2D eigenvalue weighted by molar-refractivity contribution is 6.11. The van der Waals surface area contributed by atoms with Crippen LogP contribution in [0.5, 0.6) is 11.5 Å². The van der Waals surface area contributed by atoms with E-state index in [1.807, 2.05) is 0 Å². The number of benzene rings is 7. The van der Waals surface area contributed by atoms with Gasteiger partial charge in [0.15, 0.2) is 0 Å². The van der Waals surface area contributed by atoms with E-state index in [1.54, 1.807) is 0 Å². The van der Waals surface area contributed by atoms with Crippen LogP contribution in [-0.2, 0) is 19.6 Å². The summed E-state index contributed by atoms with van der Waals surface area (Å²) in [6.45, 7) is 3.18. The van der Waals surface area contributed by atoms with Gasteiger partial charge in [-0.3, -0.25) is 0 Å². The van der Waals surface area contributed by atoms with E-state index in [4.69, 9.17) is 9.47 Å². The van der Waals surface area contributed by atoms with E-state index in [9.17, 15) is 0 Å². The van der Waals surface area contributed by atoms with E-state index in [0.717, 1.165) is 39.5 Å². The highest BCUT2D eigenvalue weighted by atomic mass is 16.5. The molecule has 0 aliphatic carbocycles. The van der Waals surface area contributed by atoms with Crippen LogP contribution in [0.1, 0.15) is 23.6 Å². The molecule has 0 heterocycles. The first-order valence-electron chi connectivity index (χ1n) is 14.0. The van der Waals surface area contributed by atoms with Crippen molar-refractivity contribution in [2.45, 2.75) is 26.6 Å². The monoisotopic (exact) mass is 518 g/mol. The molecule has 7 aromatic rings. The fourth-order valence-corrected chi connectivity index (χ4v) is 5.81. The molecule has 0 aromatic heterocycles. The largest absolute Gasteiger partial charge is 0.488 e. The predicted octanol–water partition coefficient (Wildman–Crippen LogP) is 10.0. The van der Waals surface area contributed by atoms with Gasteiger partial charge in [-0.1, -0.05) is 128 Å². The lowest BCUT2D eigenvalue weighted by Crippen LogP contribution is -2.01. The first kappa shape index (κ1) is 24.2. The van der Waals surface area contributed by atoms with Crippen molar-refractivity contribution in [3.05, 3.63) is 144 Å². The van der Waals surface area contributed by atoms with Crippen molar-refractivity contribution in [1.29, 1.82) is 0 Å². The van der Waals surface area contributed by atoms with Gasteiger partial charge in [0.1, 0.15) is 24.7 Å². The molecule has 0 N–H and O–H groups in total. The van der Waals surface area contributed by atoms with Gasteiger partial charge in [0.2, 0.25) is 0 Å². The molecule has 0 bridgehead atoms. The van der Waals surface area contributed by atoms with Gasteiger partial charge in [-0.2, -0.15) is 0 Å². The summed E-state index contributed by atoms with van der Waals surface area (Å²) in [5, 5.41) is 9.19. The minimum absolute atomic E-state index is 0.492. The number of fused-ring (bicyclic) bond motifs is 4. The second-order valence-corrected chi connectivity index (χ2v) is 10.3. The van der Waals surface area contributed by atoms with Crippen LogP contribution in [0.4, 0.5) is 0 Å². The lowest BCUT2D eigenvalue weighted by atomic mass is 9.98. The zero-order chi connectivity index (χ0) is 26.9. The minimum atomic E-state index is 0.492. The van der Waals surface area contributed by atoms with Gasteiger partial charge in [-0.05, 0) is 50.7 Å². The Morgan fingerprint density at radius 3 is 1.43 bits per heavy atom. The molecular weight excluding hydrogens is 488 g/mol. The number of rotatable bonds is 7. The number of aryl methyl sites for hydroxylation is 1. The van der Waals surface area contributed by atoms with Crippen molar-refractivity contribution in [3.63, 3.8) is 0 Å². The second kappa shape index (κ2) is 10.4. The zero-order valence-corrected chi connectivity index (χ0v) is 22.6. The van der Waals surface area contributed by atoms with Crippen LogP contribution in [0, 0.1) is 0 Å². The van der Waals surface area contributed by atoms with Crippen molar-refractivity contribution >= 4 is 43.1 Å². The lowest BCUT2D eigenvalue weighted by Gasteiger charge is -2.19. The van der Waals surface area contributed by atoms with Gasteiger partial charge in [0.05, 0.1) is 0 Å². The van der Waals surface area contributed by atoms with Crippen molar-refractivity contribution < 1.29 is 9.47 Å². The number of ether oxygens (including phenoxy) is 2. The maximum atomic E-state index is 6.75. The quantitative estimate of drug-likeness (QED) is 0.195. The molecule has 0 saturated heterocycles. The Hall–Kier alpha value is -4.82. The van der Waals surface area contributed by atoms with Gasteiger partial charge < -0.3 is 9.47 Å². The van der Waals surface area contributed by atoms with E-state index in [0.29, 0.717) is 13.2 Å². The Balaban J connectivity index is 1.35. The third-order valence-electron chi connectivity index (χ3n) is 7.90. The van der Waals surface area contributed by atoms with E-state index in [2.05, 4.69) is 134 Å². The summed E-state index contributed by atoms with van der Waals surface area (Å²) in [7, 11) is 0. The molecule has 0 saturated carbocycles. The molecule has 0 unspecified atom stereocenters. The lowest BCUT2D eigenvalue weighted by molar-refractivity contribution is 0.310. The van der Waals surface area contributed by atoms with Crippen molar-refractivity contribution in [2.24, 2.45) is 0 Å². The Morgan fingerprint density at radius 2 is 0.875 bits per heavy atom. The predicted molar refractivity (Wildman–Crippen MR) is 167 cm³/mol. The maximum Gasteiger partial charge on any atom is 0.135 e. The highest BCUT2D eigenvalue weighted by Gasteiger charge is 2.17. The average Bonchev–Trinajstić information content (AvgIpc) is 3.02. The highest BCUT2D eigenvalue weighted by Crippen LogP contribution is 2.44. The molecule has 2 heteroatoms. The molecular formula is C38H30O2. The van der Waals surface area contributed by atoms with Crippen LogP contribution in [0.25, 0.3) is 43.1 Å². The fourth-order valence-electron chi connectivity index (χ4n) is 5.81. The summed E-state index contributed by atoms with van der Waals surface area (Å²) >= 11 is 0. The van der Waals surface area contributed by atoms with Gasteiger partial charge in [-0.15, -0.1) is 0 Å². The molecule has 0 radical (unpaired) electrons. The normalized spacial score (nSPS) is 11.4. The average molecular weight is 519 g/mol. The summed E-state index contributed by atoms with van der Waals surface area (Å²) in [6, 6.07) is 44.9. The van der Waals surface area contributed by atoms with Gasteiger partial charge >= 0.3 is 0 Å². The maximum absolute atomic E-state index is 6.75. The molecule has 194 valence electrons. The molecule has 0 fully saturated rings. The molecule has 7 aromatic carbocycles. The van der Waals surface area contributed by atoms with E-state index < -0.39 is 0 Å².